The SMILES string of the molecule is CC=C(C)n1c([C](C)=[W])c(C)ncc1=O. The number of nitrogens with zero attached hydrogens (tertiary/aromatic N) is 2. The molecule has 0 aromatic carbocycles. The number of aromatic nitrogens is 2. The Labute approximate surface area is 100 Å². The Morgan fingerprint density at radius 2 is 2.13 bits per heavy atom. The van der Waals surface area contributed by atoms with Gasteiger partial charge in [0.1, 0.15) is 0 Å². The maximum atomic E-state index is 11.8. The van der Waals surface area contributed by atoms with Gasteiger partial charge in [0.25, 0.3) is 0 Å². The van der Waals surface area contributed by atoms with Crippen molar-refractivity contribution >= 4 is 9.59 Å². The Hall–Kier alpha value is -0.822. The van der Waals surface area contributed by atoms with Gasteiger partial charge < -0.3 is 0 Å². The summed E-state index contributed by atoms with van der Waals surface area (Å²) in [6.07, 6.45) is 3.31. The second kappa shape index (κ2) is 4.80. The van der Waals surface area contributed by atoms with E-state index < -0.39 is 0 Å². The van der Waals surface area contributed by atoms with Crippen molar-refractivity contribution in [2.24, 2.45) is 0 Å². The molecular formula is C11H14N2OW. The van der Waals surface area contributed by atoms with Crippen LogP contribution in [0.5, 0.6) is 0 Å². The molecule has 0 fully saturated rings. The molecule has 0 unspecified atom stereocenters. The van der Waals surface area contributed by atoms with Crippen LogP contribution in [-0.4, -0.2) is 13.4 Å². The summed E-state index contributed by atoms with van der Waals surface area (Å²) in [4.78, 5) is 15.9. The third kappa shape index (κ3) is 2.40. The first-order chi connectivity index (χ1) is 6.99. The van der Waals surface area contributed by atoms with Gasteiger partial charge in [-0.3, -0.25) is 0 Å². The fourth-order valence-corrected chi connectivity index (χ4v) is 2.29. The summed E-state index contributed by atoms with van der Waals surface area (Å²) in [6.45, 7) is 7.82. The molecule has 0 N–H and O–H groups in total. The van der Waals surface area contributed by atoms with Crippen molar-refractivity contribution in [2.75, 3.05) is 0 Å². The predicted molar refractivity (Wildman–Crippen MR) is 58.6 cm³/mol. The van der Waals surface area contributed by atoms with E-state index in [1.807, 2.05) is 33.8 Å². The molecule has 1 aromatic rings. The average Bonchev–Trinajstić information content (AvgIpc) is 2.19. The zero-order valence-corrected chi connectivity index (χ0v) is 12.3. The summed E-state index contributed by atoms with van der Waals surface area (Å²) >= 11 is 1.36. The van der Waals surface area contributed by atoms with Gasteiger partial charge in [0.15, 0.2) is 0 Å². The van der Waals surface area contributed by atoms with Crippen LogP contribution in [0.15, 0.2) is 17.1 Å². The van der Waals surface area contributed by atoms with Crippen LogP contribution in [0.25, 0.3) is 5.70 Å². The van der Waals surface area contributed by atoms with Gasteiger partial charge in [0, 0.05) is 0 Å². The quantitative estimate of drug-likeness (QED) is 0.787. The summed E-state index contributed by atoms with van der Waals surface area (Å²) in [7, 11) is 0. The van der Waals surface area contributed by atoms with Crippen LogP contribution in [-0.2, 0) is 19.4 Å². The van der Waals surface area contributed by atoms with Gasteiger partial charge in [-0.2, -0.15) is 0 Å². The van der Waals surface area contributed by atoms with Crippen LogP contribution < -0.4 is 5.56 Å². The molecule has 0 aliphatic rings. The van der Waals surface area contributed by atoms with E-state index in [-0.39, 0.29) is 5.56 Å². The fourth-order valence-electron chi connectivity index (χ4n) is 1.43. The van der Waals surface area contributed by atoms with Gasteiger partial charge in [0.05, 0.1) is 0 Å². The molecule has 1 heterocycles. The fraction of sp³-hybridized carbons (Fsp3) is 0.364. The van der Waals surface area contributed by atoms with Crippen molar-refractivity contribution in [1.82, 2.24) is 9.55 Å². The molecular weight excluding hydrogens is 360 g/mol. The molecule has 0 bridgehead atoms. The first-order valence-electron chi connectivity index (χ1n) is 4.72. The van der Waals surface area contributed by atoms with Crippen molar-refractivity contribution in [1.29, 1.82) is 0 Å². The van der Waals surface area contributed by atoms with Gasteiger partial charge in [-0.25, -0.2) is 0 Å². The van der Waals surface area contributed by atoms with E-state index in [0.717, 1.165) is 17.1 Å². The van der Waals surface area contributed by atoms with Crippen molar-refractivity contribution in [2.45, 2.75) is 27.7 Å². The van der Waals surface area contributed by atoms with Gasteiger partial charge in [-0.15, -0.1) is 0 Å². The standard InChI is InChI=1S/C11H14N2O.W/c1-5-8(3)13-10(6-2)9(4)12-7-11(13)14;/h5,7H,1-4H3;. The van der Waals surface area contributed by atoms with Crippen LogP contribution in [0.2, 0.25) is 0 Å². The summed E-state index contributed by atoms with van der Waals surface area (Å²) in [5.41, 5.74) is 2.74. The van der Waals surface area contributed by atoms with E-state index in [0.29, 0.717) is 0 Å². The minimum absolute atomic E-state index is 0.0631. The molecule has 0 saturated carbocycles. The first kappa shape index (κ1) is 12.2. The van der Waals surface area contributed by atoms with Crippen molar-refractivity contribution in [3.63, 3.8) is 0 Å². The number of allylic oxidation sites excluding steroid dienone is 2. The van der Waals surface area contributed by atoms with E-state index in [1.54, 1.807) is 4.57 Å². The molecule has 80 valence electrons. The second-order valence-corrected chi connectivity index (χ2v) is 5.55. The summed E-state index contributed by atoms with van der Waals surface area (Å²) < 4.78 is 2.91. The molecule has 0 amide bonds. The Morgan fingerprint density at radius 3 is 2.60 bits per heavy atom. The normalized spacial score (nSPS) is 11.6. The van der Waals surface area contributed by atoms with Crippen molar-refractivity contribution in [3.05, 3.63) is 34.0 Å². The molecule has 15 heavy (non-hydrogen) atoms. The Bertz CT molecular complexity index is 486. The Morgan fingerprint density at radius 1 is 1.53 bits per heavy atom. The molecule has 0 aliphatic carbocycles. The molecule has 0 saturated heterocycles. The van der Waals surface area contributed by atoms with E-state index >= 15 is 0 Å². The molecule has 0 atom stereocenters. The molecule has 1 aromatic heterocycles. The van der Waals surface area contributed by atoms with Crippen LogP contribution in [0, 0.1) is 6.92 Å². The Kier molecular flexibility index (Phi) is 3.92. The van der Waals surface area contributed by atoms with Gasteiger partial charge in [-0.1, -0.05) is 0 Å². The van der Waals surface area contributed by atoms with Crippen LogP contribution in [0.3, 0.4) is 0 Å². The van der Waals surface area contributed by atoms with Gasteiger partial charge in [0.2, 0.25) is 0 Å². The summed E-state index contributed by atoms with van der Waals surface area (Å²) in [5.74, 6) is 0. The third-order valence-electron chi connectivity index (χ3n) is 2.26. The summed E-state index contributed by atoms with van der Waals surface area (Å²) in [6, 6.07) is 0. The summed E-state index contributed by atoms with van der Waals surface area (Å²) in [5, 5.41) is 0. The van der Waals surface area contributed by atoms with Gasteiger partial charge in [-0.05, 0) is 0 Å². The molecule has 4 heteroatoms. The average molecular weight is 374 g/mol. The number of aryl methyl sites for hydroxylation is 1. The van der Waals surface area contributed by atoms with Crippen molar-refractivity contribution in [3.8, 4) is 0 Å². The molecule has 3 nitrogen and oxygen atoms in total. The van der Waals surface area contributed by atoms with Crippen LogP contribution in [0.4, 0.5) is 0 Å². The Balaban J connectivity index is 3.68. The zero-order valence-electron chi connectivity index (χ0n) is 9.37. The van der Waals surface area contributed by atoms with Crippen LogP contribution >= 0.6 is 0 Å². The van der Waals surface area contributed by atoms with E-state index in [1.165, 1.54) is 29.4 Å². The minimum atomic E-state index is -0.0631. The van der Waals surface area contributed by atoms with Gasteiger partial charge >= 0.3 is 100 Å². The number of hydrogen-bond donors (Lipinski definition) is 0. The topological polar surface area (TPSA) is 34.9 Å². The molecule has 0 aliphatic heterocycles. The van der Waals surface area contributed by atoms with E-state index in [4.69, 9.17) is 0 Å². The second-order valence-electron chi connectivity index (χ2n) is 3.35. The number of rotatable bonds is 2. The third-order valence-corrected chi connectivity index (χ3v) is 2.95. The van der Waals surface area contributed by atoms with Crippen molar-refractivity contribution < 1.29 is 19.4 Å². The molecule has 1 rings (SSSR count). The van der Waals surface area contributed by atoms with Crippen LogP contribution in [0.1, 0.15) is 32.2 Å². The molecule has 0 radical (unpaired) electrons. The molecule has 0 spiro atoms. The zero-order chi connectivity index (χ0) is 11.6. The monoisotopic (exact) mass is 374 g/mol. The predicted octanol–water partition coefficient (Wildman–Crippen LogP) is 1.52. The van der Waals surface area contributed by atoms with E-state index in [9.17, 15) is 4.79 Å². The van der Waals surface area contributed by atoms with E-state index in [2.05, 4.69) is 4.98 Å². The number of hydrogen-bond acceptors (Lipinski definition) is 2. The first-order valence-corrected chi connectivity index (χ1v) is 6.18. The maximum absolute atomic E-state index is 11.8.